The fraction of sp³-hybridized carbons (Fsp3) is 0.541. The maximum atomic E-state index is 15.5. The van der Waals surface area contributed by atoms with Gasteiger partial charge in [-0.15, -0.1) is 0 Å². The van der Waals surface area contributed by atoms with E-state index in [0.29, 0.717) is 30.5 Å². The quantitative estimate of drug-likeness (QED) is 0.249. The van der Waals surface area contributed by atoms with E-state index in [4.69, 9.17) is 9.47 Å². The van der Waals surface area contributed by atoms with E-state index in [1.807, 2.05) is 32.1 Å². The van der Waals surface area contributed by atoms with Gasteiger partial charge in [-0.05, 0) is 62.6 Å². The lowest BCUT2D eigenvalue weighted by atomic mass is 10.1. The first-order valence-corrected chi connectivity index (χ1v) is 19.7. The van der Waals surface area contributed by atoms with Crippen LogP contribution in [0.4, 0.5) is 4.39 Å². The summed E-state index contributed by atoms with van der Waals surface area (Å²) in [5.74, 6) is -2.07. The highest BCUT2D eigenvalue weighted by Gasteiger charge is 2.61. The zero-order valence-corrected chi connectivity index (χ0v) is 30.6. The first kappa shape index (κ1) is 37.2. The van der Waals surface area contributed by atoms with Crippen LogP contribution < -0.4 is 24.8 Å². The number of amides is 3. The fourth-order valence-electron chi connectivity index (χ4n) is 6.96. The number of hydrogen-bond acceptors (Lipinski definition) is 9. The van der Waals surface area contributed by atoms with E-state index >= 15 is 4.39 Å². The van der Waals surface area contributed by atoms with Crippen molar-refractivity contribution in [2.45, 2.75) is 107 Å². The minimum atomic E-state index is -3.93. The highest BCUT2D eigenvalue weighted by Crippen LogP contribution is 2.45. The van der Waals surface area contributed by atoms with Gasteiger partial charge in [0.25, 0.3) is 5.91 Å². The van der Waals surface area contributed by atoms with E-state index in [1.54, 1.807) is 18.3 Å². The molecule has 52 heavy (non-hydrogen) atoms. The third-order valence-electron chi connectivity index (χ3n) is 10.2. The Hall–Kier alpha value is -4.53. The maximum Gasteiger partial charge on any atom is 0.259 e. The van der Waals surface area contributed by atoms with Crippen LogP contribution in [0.3, 0.4) is 0 Å². The zero-order chi connectivity index (χ0) is 37.0. The molecule has 0 saturated heterocycles. The zero-order valence-electron chi connectivity index (χ0n) is 29.8. The second kappa shape index (κ2) is 15.6. The molecular weight excluding hydrogens is 692 g/mol. The van der Waals surface area contributed by atoms with E-state index in [-0.39, 0.29) is 54.7 Å². The Balaban J connectivity index is 1.25. The van der Waals surface area contributed by atoms with Crippen molar-refractivity contribution < 1.29 is 36.7 Å². The van der Waals surface area contributed by atoms with Crippen molar-refractivity contribution in [2.24, 2.45) is 5.92 Å². The molecule has 3 atom stereocenters. The predicted molar refractivity (Wildman–Crippen MR) is 192 cm³/mol. The van der Waals surface area contributed by atoms with Gasteiger partial charge in [-0.3, -0.25) is 19.1 Å². The van der Waals surface area contributed by atoms with Crippen LogP contribution >= 0.6 is 0 Å². The van der Waals surface area contributed by atoms with Crippen molar-refractivity contribution in [3.05, 3.63) is 54.1 Å². The lowest BCUT2D eigenvalue weighted by molar-refractivity contribution is -0.132. The van der Waals surface area contributed by atoms with Crippen LogP contribution in [-0.4, -0.2) is 71.5 Å². The summed E-state index contributed by atoms with van der Waals surface area (Å²) in [4.78, 5) is 45.2. The number of carbonyl (C=O) groups is 3. The van der Waals surface area contributed by atoms with Gasteiger partial charge >= 0.3 is 0 Å². The number of sulfonamides is 1. The van der Waals surface area contributed by atoms with E-state index in [1.165, 1.54) is 17.9 Å². The van der Waals surface area contributed by atoms with Gasteiger partial charge in [0.1, 0.15) is 22.8 Å². The molecule has 3 heterocycles. The Kier molecular flexibility index (Phi) is 11.2. The molecule has 3 amide bonds. The van der Waals surface area contributed by atoms with Crippen LogP contribution in [0.5, 0.6) is 11.5 Å². The van der Waals surface area contributed by atoms with Crippen molar-refractivity contribution in [1.29, 1.82) is 0 Å². The number of halogens is 1. The standard InChI is InChI=1S/C37H47FN6O7S/c1-23(2)27-17-19-44(42-27)31-21-30(26-15-16-29(50-3)33(38)34(26)40-31)51-20-18-28-35(46)41-37(36(47)43-52(48,49)25-12-9-10-13-25)22-24(37)11-7-5-4-6-8-14-32(45)39-28/h7,11,15-17,19,21,23-25,28H,4-6,8-10,12-14,18,20,22H2,1-3H3,(H,39,45)(H,41,46)(H,43,47)/t24-,28+,37-/m1/s1. The van der Waals surface area contributed by atoms with Crippen molar-refractivity contribution >= 4 is 38.6 Å². The van der Waals surface area contributed by atoms with Gasteiger partial charge in [0.15, 0.2) is 17.4 Å². The third-order valence-corrected chi connectivity index (χ3v) is 12.0. The normalized spacial score (nSPS) is 23.1. The average Bonchev–Trinajstić information content (AvgIpc) is 3.47. The van der Waals surface area contributed by atoms with Crippen LogP contribution in [0.2, 0.25) is 0 Å². The lowest BCUT2D eigenvalue weighted by Crippen LogP contribution is -2.57. The number of carbonyl (C=O) groups excluding carboxylic acids is 3. The number of methoxy groups -OCH3 is 1. The van der Waals surface area contributed by atoms with Crippen molar-refractivity contribution in [3.8, 4) is 17.3 Å². The molecule has 1 aromatic carbocycles. The molecule has 0 spiro atoms. The van der Waals surface area contributed by atoms with E-state index in [2.05, 4.69) is 25.4 Å². The number of pyridine rings is 1. The fourth-order valence-corrected chi connectivity index (χ4v) is 8.52. The summed E-state index contributed by atoms with van der Waals surface area (Å²) < 4.78 is 56.9. The molecular formula is C37H47FN6O7S. The van der Waals surface area contributed by atoms with Crippen LogP contribution in [0.25, 0.3) is 16.7 Å². The van der Waals surface area contributed by atoms with E-state index in [0.717, 1.165) is 37.8 Å². The number of benzene rings is 1. The molecule has 280 valence electrons. The summed E-state index contributed by atoms with van der Waals surface area (Å²) in [6.07, 6.45) is 11.5. The van der Waals surface area contributed by atoms with Gasteiger partial charge in [0.2, 0.25) is 21.8 Å². The summed E-state index contributed by atoms with van der Waals surface area (Å²) in [6.45, 7) is 3.93. The SMILES string of the molecule is COc1ccc2c(OCC[C@@H]3NC(=O)CCCCCC=C[C@@H]4C[C@@]4(C(=O)NS(=O)(=O)C4CCCC4)NC3=O)cc(-n3ccc(C(C)C)n3)nc2c1F. The highest BCUT2D eigenvalue weighted by molar-refractivity contribution is 7.90. The Morgan fingerprint density at radius 3 is 2.63 bits per heavy atom. The van der Waals surface area contributed by atoms with Gasteiger partial charge in [-0.1, -0.05) is 45.3 Å². The monoisotopic (exact) mass is 738 g/mol. The number of allylic oxidation sites excluding steroid dienone is 1. The Labute approximate surface area is 303 Å². The molecule has 0 unspecified atom stereocenters. The molecule has 6 rings (SSSR count). The van der Waals surface area contributed by atoms with E-state index in [9.17, 15) is 22.8 Å². The van der Waals surface area contributed by atoms with Gasteiger partial charge in [0, 0.05) is 36.4 Å². The van der Waals surface area contributed by atoms with Crippen LogP contribution in [0, 0.1) is 11.7 Å². The number of rotatable bonds is 10. The molecule has 15 heteroatoms. The number of hydrogen-bond donors (Lipinski definition) is 3. The van der Waals surface area contributed by atoms with Gasteiger partial charge in [0.05, 0.1) is 24.7 Å². The first-order valence-electron chi connectivity index (χ1n) is 18.1. The summed E-state index contributed by atoms with van der Waals surface area (Å²) in [5, 5.41) is 9.92. The molecule has 2 fully saturated rings. The topological polar surface area (TPSA) is 171 Å². The molecule has 0 radical (unpaired) electrons. The largest absolute Gasteiger partial charge is 0.494 e. The Morgan fingerprint density at radius 2 is 1.90 bits per heavy atom. The third kappa shape index (κ3) is 8.08. The Bertz CT molecular complexity index is 1960. The molecule has 3 N–H and O–H groups in total. The maximum absolute atomic E-state index is 15.5. The number of aromatic nitrogens is 3. The Morgan fingerprint density at radius 1 is 1.12 bits per heavy atom. The van der Waals surface area contributed by atoms with Crippen LogP contribution in [0.1, 0.15) is 96.1 Å². The number of fused-ring (bicyclic) bond motifs is 2. The van der Waals surface area contributed by atoms with E-state index < -0.39 is 50.4 Å². The highest BCUT2D eigenvalue weighted by atomic mass is 32.2. The number of nitrogens with one attached hydrogen (secondary N) is 3. The molecule has 3 aromatic rings. The lowest BCUT2D eigenvalue weighted by Gasteiger charge is -2.24. The molecule has 2 aromatic heterocycles. The second-order valence-corrected chi connectivity index (χ2v) is 16.2. The van der Waals surface area contributed by atoms with Crippen LogP contribution in [-0.2, 0) is 24.4 Å². The summed E-state index contributed by atoms with van der Waals surface area (Å²) in [7, 11) is -2.57. The van der Waals surface area contributed by atoms with Gasteiger partial charge in [-0.25, -0.2) is 22.5 Å². The minimum Gasteiger partial charge on any atom is -0.494 e. The predicted octanol–water partition coefficient (Wildman–Crippen LogP) is 4.73. The molecule has 2 aliphatic carbocycles. The first-order chi connectivity index (χ1) is 24.9. The molecule has 13 nitrogen and oxygen atoms in total. The summed E-state index contributed by atoms with van der Waals surface area (Å²) in [5.41, 5.74) is -0.647. The number of nitrogens with zero attached hydrogens (tertiary/aromatic N) is 3. The van der Waals surface area contributed by atoms with Crippen molar-refractivity contribution in [2.75, 3.05) is 13.7 Å². The molecule has 3 aliphatic rings. The van der Waals surface area contributed by atoms with Gasteiger partial charge in [-0.2, -0.15) is 5.10 Å². The summed E-state index contributed by atoms with van der Waals surface area (Å²) in [6, 6.07) is 5.47. The molecule has 0 bridgehead atoms. The van der Waals surface area contributed by atoms with Gasteiger partial charge < -0.3 is 20.1 Å². The summed E-state index contributed by atoms with van der Waals surface area (Å²) >= 11 is 0. The van der Waals surface area contributed by atoms with Crippen molar-refractivity contribution in [1.82, 2.24) is 30.1 Å². The number of ether oxygens (including phenoxy) is 2. The average molecular weight is 739 g/mol. The smallest absolute Gasteiger partial charge is 0.259 e. The van der Waals surface area contributed by atoms with Crippen LogP contribution in [0.15, 0.2) is 42.6 Å². The minimum absolute atomic E-state index is 0.00539. The molecule has 2 saturated carbocycles. The molecule has 1 aliphatic heterocycles. The van der Waals surface area contributed by atoms with Crippen molar-refractivity contribution in [3.63, 3.8) is 0 Å². The second-order valence-electron chi connectivity index (χ2n) is 14.2.